The van der Waals surface area contributed by atoms with E-state index < -0.39 is 0 Å². The van der Waals surface area contributed by atoms with Crippen molar-refractivity contribution in [2.75, 3.05) is 56.4 Å². The number of hydrogen-bond acceptors (Lipinski definition) is 16. The SMILES string of the molecule is CC1(C)CC(N2CCCCCCN(C3CC(C)(C)NC(C)(C)C3)c3nc(NC4CCCCC4)nc(n3)N(C3CC(C)(C)NC(C)(C)C3)CCCCCCN(C3CC(C)(C)NC(C)(C)C3)c3nc(NC4CCCCC4)nc2n3)CC(C)(C)N1. The van der Waals surface area contributed by atoms with Crippen LogP contribution in [0.5, 0.6) is 0 Å². The summed E-state index contributed by atoms with van der Waals surface area (Å²) in [5.41, 5.74) is -0.299. The minimum Gasteiger partial charge on any atom is -0.351 e. The summed E-state index contributed by atoms with van der Waals surface area (Å²) in [6.07, 6.45) is 29.2. The predicted octanol–water partition coefficient (Wildman–Crippen LogP) is 12.8. The lowest BCUT2D eigenvalue weighted by Gasteiger charge is -2.50. The Labute approximate surface area is 499 Å². The van der Waals surface area contributed by atoms with Crippen molar-refractivity contribution in [3.63, 3.8) is 0 Å². The molecule has 16 heteroatoms. The highest BCUT2D eigenvalue weighted by molar-refractivity contribution is 5.49. The Balaban J connectivity index is 1.12. The molecular formula is C66H120N16. The van der Waals surface area contributed by atoms with Gasteiger partial charge in [-0.2, -0.15) is 29.9 Å². The van der Waals surface area contributed by atoms with Crippen LogP contribution < -0.4 is 51.5 Å². The van der Waals surface area contributed by atoms with E-state index in [1.165, 1.54) is 38.5 Å². The van der Waals surface area contributed by atoms with Crippen LogP contribution in [0, 0.1) is 0 Å². The summed E-state index contributed by atoms with van der Waals surface area (Å²) in [4.78, 5) is 44.4. The highest BCUT2D eigenvalue weighted by atomic mass is 15.4. The topological polar surface area (TPSA) is 162 Å². The van der Waals surface area contributed by atoms with Gasteiger partial charge in [-0.25, -0.2) is 0 Å². The van der Waals surface area contributed by atoms with Crippen LogP contribution >= 0.6 is 0 Å². The van der Waals surface area contributed by atoms with Gasteiger partial charge in [0.05, 0.1) is 0 Å². The summed E-state index contributed by atoms with van der Waals surface area (Å²) in [7, 11) is 0. The van der Waals surface area contributed by atoms with Gasteiger partial charge in [-0.3, -0.25) is 0 Å². The molecule has 5 aliphatic heterocycles. The molecule has 0 amide bonds. The molecule has 0 atom stereocenters. The van der Waals surface area contributed by atoms with Crippen molar-refractivity contribution in [3.8, 4) is 0 Å². The maximum absolute atomic E-state index is 5.77. The molecule has 2 saturated carbocycles. The van der Waals surface area contributed by atoms with Gasteiger partial charge < -0.3 is 51.5 Å². The van der Waals surface area contributed by atoms with Crippen molar-refractivity contribution in [2.24, 2.45) is 0 Å². The highest BCUT2D eigenvalue weighted by Gasteiger charge is 2.46. The Bertz CT molecular complexity index is 2020. The monoisotopic (exact) mass is 1140 g/mol. The van der Waals surface area contributed by atoms with Gasteiger partial charge in [-0.05, 0) is 214 Å². The van der Waals surface area contributed by atoms with Crippen LogP contribution in [0.15, 0.2) is 0 Å². The minimum atomic E-state index is -0.0374. The first kappa shape index (κ1) is 63.2. The number of hydrogen-bond donors (Lipinski definition) is 6. The smallest absolute Gasteiger partial charge is 0.232 e. The predicted molar refractivity (Wildman–Crippen MR) is 344 cm³/mol. The molecule has 16 nitrogen and oxygen atoms in total. The van der Waals surface area contributed by atoms with E-state index >= 15 is 0 Å². The summed E-state index contributed by atoms with van der Waals surface area (Å²) >= 11 is 0. The van der Waals surface area contributed by atoms with Crippen molar-refractivity contribution in [2.45, 2.75) is 358 Å². The summed E-state index contributed by atoms with van der Waals surface area (Å²) in [6.45, 7) is 41.9. The third kappa shape index (κ3) is 17.4. The van der Waals surface area contributed by atoms with E-state index in [0.717, 1.165) is 190 Å². The maximum Gasteiger partial charge on any atom is 0.232 e. The molecule has 2 aromatic heterocycles. The molecule has 82 heavy (non-hydrogen) atoms. The first-order valence-corrected chi connectivity index (χ1v) is 33.7. The fourth-order valence-corrected chi connectivity index (χ4v) is 17.8. The molecule has 6 fully saturated rings. The summed E-state index contributed by atoms with van der Waals surface area (Å²) in [5.74, 6) is 4.96. The molecule has 2 aromatic rings. The molecule has 7 heterocycles. The number of rotatable bonds is 8. The molecule has 2 aliphatic carbocycles. The molecule has 6 N–H and O–H groups in total. The first-order chi connectivity index (χ1) is 38.4. The highest BCUT2D eigenvalue weighted by Crippen LogP contribution is 2.40. The lowest BCUT2D eigenvalue weighted by molar-refractivity contribution is 0.156. The number of aromatic nitrogens is 6. The number of anilines is 6. The van der Waals surface area contributed by atoms with E-state index in [-0.39, 0.29) is 68.5 Å². The largest absolute Gasteiger partial charge is 0.351 e. The lowest BCUT2D eigenvalue weighted by atomic mass is 9.79. The molecule has 464 valence electrons. The van der Waals surface area contributed by atoms with E-state index in [1.54, 1.807) is 0 Å². The van der Waals surface area contributed by atoms with Gasteiger partial charge in [0.25, 0.3) is 0 Å². The van der Waals surface area contributed by atoms with Crippen LogP contribution in [0.4, 0.5) is 35.7 Å². The second-order valence-corrected chi connectivity index (χ2v) is 32.9. The molecule has 4 saturated heterocycles. The average molecular weight is 1140 g/mol. The average Bonchev–Trinajstić information content (AvgIpc) is 2.62. The molecule has 9 rings (SSSR count). The number of nitrogens with zero attached hydrogens (tertiary/aromatic N) is 10. The van der Waals surface area contributed by atoms with Crippen molar-refractivity contribution in [3.05, 3.63) is 0 Å². The van der Waals surface area contributed by atoms with Crippen molar-refractivity contribution >= 4 is 35.7 Å². The Kier molecular flexibility index (Phi) is 19.4. The number of piperidine rings is 4. The van der Waals surface area contributed by atoms with Gasteiger partial charge in [-0.1, -0.05) is 64.2 Å². The summed E-state index contributed by atoms with van der Waals surface area (Å²) in [6, 6.07) is 1.86. The van der Waals surface area contributed by atoms with Gasteiger partial charge in [0.2, 0.25) is 35.7 Å². The zero-order valence-corrected chi connectivity index (χ0v) is 55.1. The Morgan fingerprint density at radius 1 is 0.280 bits per heavy atom. The lowest BCUT2D eigenvalue weighted by Crippen LogP contribution is -2.63. The molecule has 0 radical (unpaired) electrons. The Morgan fingerprint density at radius 3 is 0.683 bits per heavy atom. The quantitative estimate of drug-likeness (QED) is 0.148. The minimum absolute atomic E-state index is 0.0374. The first-order valence-electron chi connectivity index (χ1n) is 33.7. The van der Waals surface area contributed by atoms with E-state index in [9.17, 15) is 0 Å². The van der Waals surface area contributed by atoms with Crippen LogP contribution in [-0.2, 0) is 0 Å². The van der Waals surface area contributed by atoms with Crippen LogP contribution in [0.3, 0.4) is 0 Å². The fraction of sp³-hybridized carbons (Fsp3) is 0.909. The maximum atomic E-state index is 5.77. The van der Waals surface area contributed by atoms with E-state index in [2.05, 4.69) is 162 Å². The van der Waals surface area contributed by atoms with Crippen LogP contribution in [0.2, 0.25) is 0 Å². The van der Waals surface area contributed by atoms with Crippen molar-refractivity contribution < 1.29 is 0 Å². The van der Waals surface area contributed by atoms with E-state index in [4.69, 9.17) is 29.9 Å². The van der Waals surface area contributed by atoms with Crippen molar-refractivity contribution in [1.82, 2.24) is 51.2 Å². The molecule has 0 aromatic carbocycles. The zero-order valence-electron chi connectivity index (χ0n) is 55.1. The second kappa shape index (κ2) is 25.2. The molecule has 0 unspecified atom stereocenters. The van der Waals surface area contributed by atoms with Gasteiger partial charge in [0.1, 0.15) is 0 Å². The molecular weight excluding hydrogens is 1020 g/mol. The van der Waals surface area contributed by atoms with E-state index in [1.807, 2.05) is 0 Å². The van der Waals surface area contributed by atoms with Gasteiger partial charge in [-0.15, -0.1) is 0 Å². The van der Waals surface area contributed by atoms with E-state index in [0.29, 0.717) is 12.1 Å². The molecule has 7 aliphatic rings. The van der Waals surface area contributed by atoms with Gasteiger partial charge in [0, 0.05) is 107 Å². The normalized spacial score (nSPS) is 27.7. The van der Waals surface area contributed by atoms with Crippen LogP contribution in [-0.4, -0.2) is 137 Å². The summed E-state index contributed by atoms with van der Waals surface area (Å²) in [5, 5.41) is 24.0. The Hall–Kier alpha value is -3.34. The number of fused-ring (bicyclic) bond motifs is 4. The van der Waals surface area contributed by atoms with Gasteiger partial charge in [0.15, 0.2) is 0 Å². The standard InChI is InChI=1S/C66H120N16/c1-59(2)39-49(40-60(3,4)75-59)79-35-27-17-18-28-37-81(51-43-63(9,10)77-64(11,12)44-51)57-71-54(68-48-33-25-22-26-34-48)72-58(74-57)82(52-45-65(13,14)78-66(15,16)46-52)38-30-20-19-29-36-80(50-41-61(5,6)76-62(7,8)42-50)56-70-53(69-55(79)73-56)67-47-31-23-21-24-32-47/h47-52,75-78H,17-46H2,1-16H3,(H,67,69,70,73)(H,68,71,72,74). The zero-order chi connectivity index (χ0) is 58.9. The Morgan fingerprint density at radius 2 is 0.476 bits per heavy atom. The van der Waals surface area contributed by atoms with Gasteiger partial charge >= 0.3 is 0 Å². The summed E-state index contributed by atoms with van der Waals surface area (Å²) < 4.78 is 0. The van der Waals surface area contributed by atoms with Crippen LogP contribution in [0.1, 0.15) is 278 Å². The third-order valence-corrected chi connectivity index (χ3v) is 19.7. The van der Waals surface area contributed by atoms with Crippen LogP contribution in [0.25, 0.3) is 0 Å². The molecule has 4 bridgehead atoms. The number of nitrogens with one attached hydrogen (secondary N) is 6. The van der Waals surface area contributed by atoms with Crippen molar-refractivity contribution in [1.29, 1.82) is 0 Å². The fourth-order valence-electron chi connectivity index (χ4n) is 17.8. The third-order valence-electron chi connectivity index (χ3n) is 19.7. The second-order valence-electron chi connectivity index (χ2n) is 32.9. The molecule has 0 spiro atoms.